The molecule has 0 aromatic heterocycles. The van der Waals surface area contributed by atoms with Crippen LogP contribution >= 0.6 is 23.2 Å². The van der Waals surface area contributed by atoms with E-state index in [-0.39, 0.29) is 12.5 Å². The molecule has 0 bridgehead atoms. The van der Waals surface area contributed by atoms with Crippen molar-refractivity contribution >= 4 is 29.1 Å². The van der Waals surface area contributed by atoms with Crippen LogP contribution in [0.4, 0.5) is 0 Å². The van der Waals surface area contributed by atoms with Crippen molar-refractivity contribution in [3.8, 4) is 0 Å². The number of carbonyl (C=O) groups excluding carboxylic acids is 1. The van der Waals surface area contributed by atoms with Crippen LogP contribution in [0.3, 0.4) is 0 Å². The lowest BCUT2D eigenvalue weighted by Gasteiger charge is -2.22. The minimum absolute atomic E-state index is 0.0594. The van der Waals surface area contributed by atoms with E-state index in [2.05, 4.69) is 5.32 Å². The van der Waals surface area contributed by atoms with E-state index in [1.165, 1.54) is 18.2 Å². The normalized spacial score (nSPS) is 14.3. The summed E-state index contributed by atoms with van der Waals surface area (Å²) >= 11 is 11.6. The third kappa shape index (κ3) is 4.66. The number of amides is 1. The summed E-state index contributed by atoms with van der Waals surface area (Å²) in [5, 5.41) is 22.4. The van der Waals surface area contributed by atoms with E-state index in [1.807, 2.05) is 13.8 Å². The van der Waals surface area contributed by atoms with Gasteiger partial charge in [-0.15, -0.1) is 0 Å². The summed E-state index contributed by atoms with van der Waals surface area (Å²) < 4.78 is 0. The SMILES string of the molecule is CC(C)[C@@H](CO)NC(=O)C(O)c1cc(Cl)cc(Cl)c1. The van der Waals surface area contributed by atoms with Crippen LogP contribution in [0.25, 0.3) is 0 Å². The van der Waals surface area contributed by atoms with Gasteiger partial charge in [0.2, 0.25) is 0 Å². The standard InChI is InChI=1S/C13H17Cl2NO3/c1-7(2)11(6-17)16-13(19)12(18)8-3-9(14)5-10(15)4-8/h3-5,7,11-12,17-18H,6H2,1-2H3,(H,16,19)/t11-,12?/m1/s1. The van der Waals surface area contributed by atoms with Crippen molar-refractivity contribution in [2.45, 2.75) is 26.0 Å². The molecule has 1 aromatic carbocycles. The van der Waals surface area contributed by atoms with Crippen LogP contribution in [0.5, 0.6) is 0 Å². The number of nitrogens with one attached hydrogen (secondary N) is 1. The van der Waals surface area contributed by atoms with Crippen LogP contribution in [0, 0.1) is 5.92 Å². The van der Waals surface area contributed by atoms with Gasteiger partial charge in [-0.2, -0.15) is 0 Å². The fourth-order valence-electron chi connectivity index (χ4n) is 1.57. The van der Waals surface area contributed by atoms with E-state index < -0.39 is 18.1 Å². The fourth-order valence-corrected chi connectivity index (χ4v) is 2.11. The average Bonchev–Trinajstić information content (AvgIpc) is 2.33. The molecule has 1 amide bonds. The fraction of sp³-hybridized carbons (Fsp3) is 0.462. The van der Waals surface area contributed by atoms with Gasteiger partial charge in [0.15, 0.2) is 6.10 Å². The van der Waals surface area contributed by atoms with Crippen molar-refractivity contribution < 1.29 is 15.0 Å². The lowest BCUT2D eigenvalue weighted by atomic mass is 10.0. The predicted octanol–water partition coefficient (Wildman–Crippen LogP) is 2.16. The highest BCUT2D eigenvalue weighted by molar-refractivity contribution is 6.34. The van der Waals surface area contributed by atoms with Crippen LogP contribution in [0.1, 0.15) is 25.5 Å². The average molecular weight is 306 g/mol. The second kappa shape index (κ2) is 7.10. The number of benzene rings is 1. The molecule has 0 aliphatic carbocycles. The van der Waals surface area contributed by atoms with Gasteiger partial charge in [-0.05, 0) is 29.7 Å². The van der Waals surface area contributed by atoms with Crippen LogP contribution in [-0.4, -0.2) is 28.8 Å². The molecule has 0 heterocycles. The third-order valence-electron chi connectivity index (χ3n) is 2.78. The molecule has 6 heteroatoms. The Hall–Kier alpha value is -0.810. The van der Waals surface area contributed by atoms with Gasteiger partial charge in [-0.1, -0.05) is 37.0 Å². The van der Waals surface area contributed by atoms with Crippen molar-refractivity contribution in [2.75, 3.05) is 6.61 Å². The van der Waals surface area contributed by atoms with E-state index in [0.29, 0.717) is 15.6 Å². The lowest BCUT2D eigenvalue weighted by Crippen LogP contribution is -2.43. The van der Waals surface area contributed by atoms with Crippen molar-refractivity contribution in [3.05, 3.63) is 33.8 Å². The first-order valence-corrected chi connectivity index (χ1v) is 6.66. The van der Waals surface area contributed by atoms with E-state index in [9.17, 15) is 9.90 Å². The highest BCUT2D eigenvalue weighted by Gasteiger charge is 2.22. The Kier molecular flexibility index (Phi) is 6.07. The zero-order valence-corrected chi connectivity index (χ0v) is 12.2. The number of rotatable bonds is 5. The molecule has 0 radical (unpaired) electrons. The number of aliphatic hydroxyl groups excluding tert-OH is 2. The molecule has 19 heavy (non-hydrogen) atoms. The van der Waals surface area contributed by atoms with Crippen molar-refractivity contribution in [1.29, 1.82) is 0 Å². The number of carbonyl (C=O) groups is 1. The topological polar surface area (TPSA) is 69.6 Å². The minimum atomic E-state index is -1.37. The Bertz CT molecular complexity index is 431. The molecule has 0 spiro atoms. The highest BCUT2D eigenvalue weighted by Crippen LogP contribution is 2.23. The summed E-state index contributed by atoms with van der Waals surface area (Å²) in [4.78, 5) is 11.9. The molecule has 106 valence electrons. The Morgan fingerprint density at radius 1 is 1.26 bits per heavy atom. The first kappa shape index (κ1) is 16.2. The van der Waals surface area contributed by atoms with Crippen LogP contribution in [0.15, 0.2) is 18.2 Å². The molecule has 0 fully saturated rings. The van der Waals surface area contributed by atoms with Crippen molar-refractivity contribution in [2.24, 2.45) is 5.92 Å². The number of hydrogen-bond donors (Lipinski definition) is 3. The highest BCUT2D eigenvalue weighted by atomic mass is 35.5. The Morgan fingerprint density at radius 3 is 2.21 bits per heavy atom. The zero-order valence-electron chi connectivity index (χ0n) is 10.7. The molecule has 0 saturated heterocycles. The van der Waals surface area contributed by atoms with Crippen LogP contribution < -0.4 is 5.32 Å². The van der Waals surface area contributed by atoms with Gasteiger partial charge in [-0.3, -0.25) is 4.79 Å². The molecule has 0 aliphatic rings. The Morgan fingerprint density at radius 2 is 1.79 bits per heavy atom. The van der Waals surface area contributed by atoms with Gasteiger partial charge >= 0.3 is 0 Å². The number of aliphatic hydroxyl groups is 2. The quantitative estimate of drug-likeness (QED) is 0.781. The van der Waals surface area contributed by atoms with Gasteiger partial charge in [0.1, 0.15) is 0 Å². The Balaban J connectivity index is 2.81. The van der Waals surface area contributed by atoms with Crippen molar-refractivity contribution in [3.63, 3.8) is 0 Å². The van der Waals surface area contributed by atoms with Gasteiger partial charge in [0.05, 0.1) is 12.6 Å². The maximum absolute atomic E-state index is 11.9. The summed E-state index contributed by atoms with van der Waals surface area (Å²) in [6.45, 7) is 3.54. The molecule has 4 nitrogen and oxygen atoms in total. The monoisotopic (exact) mass is 305 g/mol. The molecule has 0 saturated carbocycles. The molecular weight excluding hydrogens is 289 g/mol. The first-order chi connectivity index (χ1) is 8.85. The van der Waals surface area contributed by atoms with Gasteiger partial charge < -0.3 is 15.5 Å². The summed E-state index contributed by atoms with van der Waals surface area (Å²) in [5.41, 5.74) is 0.315. The van der Waals surface area contributed by atoms with Crippen LogP contribution in [-0.2, 0) is 4.79 Å². The number of halogens is 2. The van der Waals surface area contributed by atoms with Crippen LogP contribution in [0.2, 0.25) is 10.0 Å². The van der Waals surface area contributed by atoms with Gasteiger partial charge in [0.25, 0.3) is 5.91 Å². The van der Waals surface area contributed by atoms with E-state index in [1.54, 1.807) is 0 Å². The molecular formula is C13H17Cl2NO3. The largest absolute Gasteiger partial charge is 0.394 e. The summed E-state index contributed by atoms with van der Waals surface area (Å²) in [6.07, 6.45) is -1.37. The Labute approximate surface area is 122 Å². The molecule has 1 rings (SSSR count). The summed E-state index contributed by atoms with van der Waals surface area (Å²) in [7, 11) is 0. The maximum Gasteiger partial charge on any atom is 0.253 e. The molecule has 1 aromatic rings. The third-order valence-corrected chi connectivity index (χ3v) is 3.21. The molecule has 0 aliphatic heterocycles. The second-order valence-electron chi connectivity index (χ2n) is 4.65. The van der Waals surface area contributed by atoms with E-state index >= 15 is 0 Å². The summed E-state index contributed by atoms with van der Waals surface area (Å²) in [6, 6.07) is 4.06. The molecule has 1 unspecified atom stereocenters. The first-order valence-electron chi connectivity index (χ1n) is 5.90. The van der Waals surface area contributed by atoms with E-state index in [0.717, 1.165) is 0 Å². The minimum Gasteiger partial charge on any atom is -0.394 e. The smallest absolute Gasteiger partial charge is 0.253 e. The number of hydrogen-bond acceptors (Lipinski definition) is 3. The van der Waals surface area contributed by atoms with Gasteiger partial charge in [-0.25, -0.2) is 0 Å². The molecule has 3 N–H and O–H groups in total. The summed E-state index contributed by atoms with van der Waals surface area (Å²) in [5.74, 6) is -0.532. The zero-order chi connectivity index (χ0) is 14.6. The van der Waals surface area contributed by atoms with E-state index in [4.69, 9.17) is 28.3 Å². The maximum atomic E-state index is 11.9. The lowest BCUT2D eigenvalue weighted by molar-refractivity contribution is -0.131. The second-order valence-corrected chi connectivity index (χ2v) is 5.52. The predicted molar refractivity (Wildman–Crippen MR) is 75.3 cm³/mol. The van der Waals surface area contributed by atoms with Gasteiger partial charge in [0, 0.05) is 10.0 Å². The van der Waals surface area contributed by atoms with Crippen molar-refractivity contribution in [1.82, 2.24) is 5.32 Å². The molecule has 2 atom stereocenters.